The molecular formula is C21H18FN3O2. The van der Waals surface area contributed by atoms with Crippen molar-refractivity contribution in [3.05, 3.63) is 95.6 Å². The first kappa shape index (κ1) is 18.3. The smallest absolute Gasteiger partial charge is 0.257 e. The number of amides is 2. The standard InChI is InChI=1S/C21H18FN3O2/c22-18-7-4-8-19(12-18)25-21(27)17-11-16(13-23-14-17)20(26)24-10-9-15-5-2-1-3-6-15/h1-8,11-14H,9-10H2,(H,24,26)(H,25,27). The molecule has 0 saturated carbocycles. The van der Waals surface area contributed by atoms with Crippen LogP contribution in [0, 0.1) is 5.82 Å². The third-order valence-corrected chi connectivity index (χ3v) is 3.89. The van der Waals surface area contributed by atoms with Gasteiger partial charge in [0.25, 0.3) is 11.8 Å². The second kappa shape index (κ2) is 8.71. The number of hydrogen-bond acceptors (Lipinski definition) is 3. The zero-order valence-electron chi connectivity index (χ0n) is 14.5. The highest BCUT2D eigenvalue weighted by Crippen LogP contribution is 2.12. The van der Waals surface area contributed by atoms with Crippen molar-refractivity contribution in [3.8, 4) is 0 Å². The fourth-order valence-corrected chi connectivity index (χ4v) is 2.52. The molecule has 0 saturated heterocycles. The van der Waals surface area contributed by atoms with Crippen LogP contribution in [-0.4, -0.2) is 23.3 Å². The molecule has 0 radical (unpaired) electrons. The van der Waals surface area contributed by atoms with Crippen LogP contribution in [0.3, 0.4) is 0 Å². The Hall–Kier alpha value is -3.54. The lowest BCUT2D eigenvalue weighted by Crippen LogP contribution is -2.26. The molecule has 6 heteroatoms. The van der Waals surface area contributed by atoms with Gasteiger partial charge in [-0.1, -0.05) is 36.4 Å². The van der Waals surface area contributed by atoms with E-state index in [-0.39, 0.29) is 17.0 Å². The Balaban J connectivity index is 1.60. The molecule has 27 heavy (non-hydrogen) atoms. The summed E-state index contributed by atoms with van der Waals surface area (Å²) < 4.78 is 13.2. The van der Waals surface area contributed by atoms with Crippen molar-refractivity contribution in [2.45, 2.75) is 6.42 Å². The summed E-state index contributed by atoms with van der Waals surface area (Å²) in [5.74, 6) is -1.22. The Labute approximate surface area is 156 Å². The van der Waals surface area contributed by atoms with Crippen LogP contribution < -0.4 is 10.6 Å². The number of carbonyl (C=O) groups is 2. The average molecular weight is 363 g/mol. The largest absolute Gasteiger partial charge is 0.352 e. The van der Waals surface area contributed by atoms with Crippen LogP contribution in [-0.2, 0) is 6.42 Å². The van der Waals surface area contributed by atoms with Crippen molar-refractivity contribution >= 4 is 17.5 Å². The Morgan fingerprint density at radius 1 is 0.889 bits per heavy atom. The van der Waals surface area contributed by atoms with E-state index >= 15 is 0 Å². The first-order chi connectivity index (χ1) is 13.1. The Morgan fingerprint density at radius 2 is 1.63 bits per heavy atom. The minimum absolute atomic E-state index is 0.218. The fraction of sp³-hybridized carbons (Fsp3) is 0.0952. The van der Waals surface area contributed by atoms with Gasteiger partial charge in [-0.3, -0.25) is 14.6 Å². The number of nitrogens with one attached hydrogen (secondary N) is 2. The molecule has 0 fully saturated rings. The average Bonchev–Trinajstić information content (AvgIpc) is 2.69. The van der Waals surface area contributed by atoms with Crippen molar-refractivity contribution in [2.75, 3.05) is 11.9 Å². The normalized spacial score (nSPS) is 10.3. The summed E-state index contributed by atoms with van der Waals surface area (Å²) in [6.45, 7) is 0.475. The van der Waals surface area contributed by atoms with Crippen LogP contribution >= 0.6 is 0 Å². The first-order valence-corrected chi connectivity index (χ1v) is 8.46. The molecule has 0 aliphatic rings. The molecule has 0 aliphatic heterocycles. The van der Waals surface area contributed by atoms with Crippen molar-refractivity contribution in [1.29, 1.82) is 0 Å². The van der Waals surface area contributed by atoms with E-state index in [1.807, 2.05) is 30.3 Å². The van der Waals surface area contributed by atoms with Crippen LogP contribution in [0.1, 0.15) is 26.3 Å². The number of nitrogens with zero attached hydrogens (tertiary/aromatic N) is 1. The van der Waals surface area contributed by atoms with E-state index in [1.165, 1.54) is 36.7 Å². The van der Waals surface area contributed by atoms with Crippen LogP contribution in [0.15, 0.2) is 73.1 Å². The van der Waals surface area contributed by atoms with Gasteiger partial charge < -0.3 is 10.6 Å². The maximum Gasteiger partial charge on any atom is 0.257 e. The quantitative estimate of drug-likeness (QED) is 0.705. The van der Waals surface area contributed by atoms with Gasteiger partial charge in [0.2, 0.25) is 0 Å². The summed E-state index contributed by atoms with van der Waals surface area (Å²) in [4.78, 5) is 28.5. The number of rotatable bonds is 6. The molecule has 5 nitrogen and oxygen atoms in total. The molecular weight excluding hydrogens is 345 g/mol. The van der Waals surface area contributed by atoms with Crippen molar-refractivity contribution < 1.29 is 14.0 Å². The zero-order valence-corrected chi connectivity index (χ0v) is 14.5. The maximum atomic E-state index is 13.2. The van der Waals surface area contributed by atoms with E-state index in [9.17, 15) is 14.0 Å². The summed E-state index contributed by atoms with van der Waals surface area (Å²) in [7, 11) is 0. The predicted molar refractivity (Wildman–Crippen MR) is 101 cm³/mol. The summed E-state index contributed by atoms with van der Waals surface area (Å²) in [6, 6.07) is 16.9. The monoisotopic (exact) mass is 363 g/mol. The van der Waals surface area contributed by atoms with Crippen LogP contribution in [0.4, 0.5) is 10.1 Å². The van der Waals surface area contributed by atoms with E-state index in [0.29, 0.717) is 18.7 Å². The number of anilines is 1. The Morgan fingerprint density at radius 3 is 2.37 bits per heavy atom. The summed E-state index contributed by atoms with van der Waals surface area (Å²) >= 11 is 0. The van der Waals surface area contributed by atoms with Crippen LogP contribution in [0.25, 0.3) is 0 Å². The molecule has 1 heterocycles. The maximum absolute atomic E-state index is 13.2. The van der Waals surface area contributed by atoms with Gasteiger partial charge >= 0.3 is 0 Å². The third kappa shape index (κ3) is 5.22. The number of halogens is 1. The van der Waals surface area contributed by atoms with Crippen LogP contribution in [0.2, 0.25) is 0 Å². The predicted octanol–water partition coefficient (Wildman–Crippen LogP) is 3.45. The topological polar surface area (TPSA) is 71.1 Å². The van der Waals surface area contributed by atoms with Gasteiger partial charge in [0.1, 0.15) is 5.82 Å². The van der Waals surface area contributed by atoms with Gasteiger partial charge in [0.15, 0.2) is 0 Å². The van der Waals surface area contributed by atoms with E-state index < -0.39 is 11.7 Å². The van der Waals surface area contributed by atoms with Gasteiger partial charge in [0, 0.05) is 24.6 Å². The van der Waals surface area contributed by atoms with E-state index in [0.717, 1.165) is 5.56 Å². The van der Waals surface area contributed by atoms with Crippen molar-refractivity contribution in [2.24, 2.45) is 0 Å². The molecule has 0 aliphatic carbocycles. The molecule has 3 aromatic rings. The molecule has 0 atom stereocenters. The van der Waals surface area contributed by atoms with Gasteiger partial charge in [-0.2, -0.15) is 0 Å². The second-order valence-electron chi connectivity index (χ2n) is 5.92. The molecule has 3 rings (SSSR count). The Kier molecular flexibility index (Phi) is 5.89. The molecule has 2 N–H and O–H groups in total. The molecule has 1 aromatic heterocycles. The number of hydrogen-bond donors (Lipinski definition) is 2. The van der Waals surface area contributed by atoms with Crippen molar-refractivity contribution in [3.63, 3.8) is 0 Å². The summed E-state index contributed by atoms with van der Waals surface area (Å²) in [5, 5.41) is 5.39. The lowest BCUT2D eigenvalue weighted by molar-refractivity contribution is 0.0953. The fourth-order valence-electron chi connectivity index (χ4n) is 2.52. The highest BCUT2D eigenvalue weighted by Gasteiger charge is 2.12. The molecule has 0 bridgehead atoms. The molecule has 2 amide bonds. The lowest BCUT2D eigenvalue weighted by atomic mass is 10.1. The number of carbonyl (C=O) groups excluding carboxylic acids is 2. The highest BCUT2D eigenvalue weighted by molar-refractivity contribution is 6.05. The molecule has 0 spiro atoms. The van der Waals surface area contributed by atoms with Gasteiger partial charge in [-0.15, -0.1) is 0 Å². The minimum Gasteiger partial charge on any atom is -0.352 e. The first-order valence-electron chi connectivity index (χ1n) is 8.46. The summed E-state index contributed by atoms with van der Waals surface area (Å²) in [6.07, 6.45) is 3.46. The molecule has 136 valence electrons. The second-order valence-corrected chi connectivity index (χ2v) is 5.92. The Bertz CT molecular complexity index is 945. The SMILES string of the molecule is O=C(NCCc1ccccc1)c1cncc(C(=O)Nc2cccc(F)c2)c1. The van der Waals surface area contributed by atoms with E-state index in [2.05, 4.69) is 15.6 Å². The summed E-state index contributed by atoms with van der Waals surface area (Å²) in [5.41, 5.74) is 1.96. The van der Waals surface area contributed by atoms with Crippen molar-refractivity contribution in [1.82, 2.24) is 10.3 Å². The van der Waals surface area contributed by atoms with Crippen LogP contribution in [0.5, 0.6) is 0 Å². The van der Waals surface area contributed by atoms with Gasteiger partial charge in [-0.25, -0.2) is 4.39 Å². The van der Waals surface area contributed by atoms with E-state index in [4.69, 9.17) is 0 Å². The van der Waals surface area contributed by atoms with Gasteiger partial charge in [0.05, 0.1) is 11.1 Å². The van der Waals surface area contributed by atoms with Gasteiger partial charge in [-0.05, 0) is 36.2 Å². The number of benzene rings is 2. The van der Waals surface area contributed by atoms with E-state index in [1.54, 1.807) is 6.07 Å². The number of pyridine rings is 1. The number of aromatic nitrogens is 1. The minimum atomic E-state index is -0.466. The third-order valence-electron chi connectivity index (χ3n) is 3.89. The molecule has 2 aromatic carbocycles. The highest BCUT2D eigenvalue weighted by atomic mass is 19.1. The zero-order chi connectivity index (χ0) is 19.1. The lowest BCUT2D eigenvalue weighted by Gasteiger charge is -2.08. The molecule has 0 unspecified atom stereocenters.